The van der Waals surface area contributed by atoms with Crippen LogP contribution in [0.5, 0.6) is 0 Å². The fourth-order valence-electron chi connectivity index (χ4n) is 2.78. The van der Waals surface area contributed by atoms with Crippen LogP contribution in [0.4, 0.5) is 5.13 Å². The van der Waals surface area contributed by atoms with Crippen LogP contribution in [0.1, 0.15) is 27.7 Å². The van der Waals surface area contributed by atoms with Crippen molar-refractivity contribution in [1.29, 1.82) is 0 Å². The number of morpholine rings is 1. The Labute approximate surface area is 155 Å². The maximum Gasteiger partial charge on any atom is 0.337 e. The molecule has 2 heterocycles. The van der Waals surface area contributed by atoms with Gasteiger partial charge < -0.3 is 20.1 Å². The highest BCUT2D eigenvalue weighted by Crippen LogP contribution is 2.22. The number of carbonyl (C=O) groups is 2. The molecule has 0 saturated carbocycles. The van der Waals surface area contributed by atoms with Crippen LogP contribution in [0.25, 0.3) is 0 Å². The summed E-state index contributed by atoms with van der Waals surface area (Å²) in [6, 6.07) is 6.90. The third-order valence-corrected chi connectivity index (χ3v) is 5.02. The molecule has 2 N–H and O–H groups in total. The van der Waals surface area contributed by atoms with E-state index in [-0.39, 0.29) is 24.0 Å². The Morgan fingerprint density at radius 1 is 1.46 bits per heavy atom. The Hall–Kier alpha value is -2.29. The molecule has 1 fully saturated rings. The van der Waals surface area contributed by atoms with E-state index in [1.807, 2.05) is 19.1 Å². The summed E-state index contributed by atoms with van der Waals surface area (Å²) in [6.07, 6.45) is 2.18. The highest BCUT2D eigenvalue weighted by atomic mass is 32.1. The van der Waals surface area contributed by atoms with Crippen LogP contribution >= 0.6 is 11.3 Å². The normalized spacial score (nSPS) is 19.8. The van der Waals surface area contributed by atoms with Gasteiger partial charge >= 0.3 is 5.97 Å². The Morgan fingerprint density at radius 3 is 3.08 bits per heavy atom. The maximum atomic E-state index is 12.4. The summed E-state index contributed by atoms with van der Waals surface area (Å²) >= 11 is 1.41. The molecule has 0 spiro atoms. The molecule has 0 bridgehead atoms. The van der Waals surface area contributed by atoms with Gasteiger partial charge in [-0.2, -0.15) is 0 Å². The lowest BCUT2D eigenvalue weighted by atomic mass is 10.1. The summed E-state index contributed by atoms with van der Waals surface area (Å²) in [7, 11) is 1.36. The van der Waals surface area contributed by atoms with Crippen LogP contribution < -0.4 is 10.6 Å². The zero-order valence-corrected chi connectivity index (χ0v) is 15.5. The molecule has 7 nitrogen and oxygen atoms in total. The Morgan fingerprint density at radius 2 is 2.31 bits per heavy atom. The number of hydrogen-bond donors (Lipinski definition) is 2. The van der Waals surface area contributed by atoms with Crippen LogP contribution in [0.15, 0.2) is 30.5 Å². The fourth-order valence-corrected chi connectivity index (χ4v) is 3.63. The molecule has 26 heavy (non-hydrogen) atoms. The molecule has 138 valence electrons. The van der Waals surface area contributed by atoms with E-state index in [1.165, 1.54) is 18.4 Å². The van der Waals surface area contributed by atoms with Crippen molar-refractivity contribution in [2.24, 2.45) is 0 Å². The fraction of sp³-hybridized carbons (Fsp3) is 0.389. The summed E-state index contributed by atoms with van der Waals surface area (Å²) in [5.41, 5.74) is 1.49. The second kappa shape index (κ2) is 8.39. The maximum absolute atomic E-state index is 12.4. The predicted molar refractivity (Wildman–Crippen MR) is 98.5 cm³/mol. The standard InChI is InChI=1S/C18H21N3O4S/c1-11-15(19-6-7-25-11)16(22)21-18-20-10-14(26-18)9-12-4-3-5-13(8-12)17(23)24-2/h3-5,8,10-11,15,19H,6-7,9H2,1-2H3,(H,20,21,22)/t11-,15+/m1/s1. The number of benzene rings is 1. The highest BCUT2D eigenvalue weighted by Gasteiger charge is 2.28. The quantitative estimate of drug-likeness (QED) is 0.775. The molecule has 1 aromatic heterocycles. The molecule has 0 unspecified atom stereocenters. The SMILES string of the molecule is COC(=O)c1cccc(Cc2cnc(NC(=O)[C@H]3NCCO[C@@H]3C)s2)c1. The predicted octanol–water partition coefficient (Wildman–Crippen LogP) is 1.84. The molecular weight excluding hydrogens is 354 g/mol. The molecule has 1 amide bonds. The van der Waals surface area contributed by atoms with E-state index in [0.29, 0.717) is 30.3 Å². The Balaban J connectivity index is 1.63. The first kappa shape index (κ1) is 18.5. The van der Waals surface area contributed by atoms with Crippen molar-refractivity contribution in [3.8, 4) is 0 Å². The number of anilines is 1. The average molecular weight is 375 g/mol. The lowest BCUT2D eigenvalue weighted by Crippen LogP contribution is -2.53. The summed E-state index contributed by atoms with van der Waals surface area (Å²) in [6.45, 7) is 3.14. The summed E-state index contributed by atoms with van der Waals surface area (Å²) in [5.74, 6) is -0.508. The minimum absolute atomic E-state index is 0.147. The zero-order chi connectivity index (χ0) is 18.5. The van der Waals surface area contributed by atoms with Gasteiger partial charge in [-0.15, -0.1) is 11.3 Å². The molecule has 1 aromatic carbocycles. The van der Waals surface area contributed by atoms with Crippen LogP contribution in [0.3, 0.4) is 0 Å². The first-order chi connectivity index (χ1) is 12.6. The molecule has 3 rings (SSSR count). The number of carbonyl (C=O) groups excluding carboxylic acids is 2. The molecule has 8 heteroatoms. The number of thiazole rings is 1. The number of rotatable bonds is 5. The number of amides is 1. The van der Waals surface area contributed by atoms with Gasteiger partial charge in [-0.1, -0.05) is 12.1 Å². The van der Waals surface area contributed by atoms with E-state index in [4.69, 9.17) is 9.47 Å². The van der Waals surface area contributed by atoms with Crippen LogP contribution in [-0.2, 0) is 20.7 Å². The van der Waals surface area contributed by atoms with Crippen molar-refractivity contribution in [2.45, 2.75) is 25.5 Å². The van der Waals surface area contributed by atoms with E-state index in [9.17, 15) is 9.59 Å². The van der Waals surface area contributed by atoms with E-state index in [1.54, 1.807) is 18.3 Å². The van der Waals surface area contributed by atoms with Gasteiger partial charge in [0.05, 0.1) is 25.4 Å². The Kier molecular flexibility index (Phi) is 5.97. The lowest BCUT2D eigenvalue weighted by Gasteiger charge is -2.28. The molecule has 2 atom stereocenters. The zero-order valence-electron chi connectivity index (χ0n) is 14.7. The van der Waals surface area contributed by atoms with Crippen molar-refractivity contribution in [3.63, 3.8) is 0 Å². The molecule has 1 saturated heterocycles. The van der Waals surface area contributed by atoms with Gasteiger partial charge in [0.2, 0.25) is 5.91 Å². The molecule has 0 radical (unpaired) electrons. The van der Waals surface area contributed by atoms with Crippen molar-refractivity contribution in [2.75, 3.05) is 25.6 Å². The average Bonchev–Trinajstić information content (AvgIpc) is 3.08. The van der Waals surface area contributed by atoms with Gasteiger partial charge in [-0.05, 0) is 24.6 Å². The summed E-state index contributed by atoms with van der Waals surface area (Å²) in [4.78, 5) is 29.2. The van der Waals surface area contributed by atoms with Gasteiger partial charge in [0.25, 0.3) is 0 Å². The largest absolute Gasteiger partial charge is 0.465 e. The second-order valence-corrected chi connectivity index (χ2v) is 7.11. The third kappa shape index (κ3) is 4.46. The molecule has 0 aliphatic carbocycles. The number of ether oxygens (including phenoxy) is 2. The summed E-state index contributed by atoms with van der Waals surface area (Å²) < 4.78 is 10.2. The lowest BCUT2D eigenvalue weighted by molar-refractivity contribution is -0.123. The number of esters is 1. The van der Waals surface area contributed by atoms with Crippen LogP contribution in [0, 0.1) is 0 Å². The molecule has 1 aliphatic rings. The third-order valence-electron chi connectivity index (χ3n) is 4.11. The van der Waals surface area contributed by atoms with Gasteiger partial charge in [0.15, 0.2) is 5.13 Å². The van der Waals surface area contributed by atoms with Crippen molar-refractivity contribution in [1.82, 2.24) is 10.3 Å². The summed E-state index contributed by atoms with van der Waals surface area (Å²) in [5, 5.41) is 6.54. The number of aromatic nitrogens is 1. The van der Waals surface area contributed by atoms with Gasteiger partial charge in [-0.3, -0.25) is 4.79 Å². The number of hydrogen-bond acceptors (Lipinski definition) is 7. The van der Waals surface area contributed by atoms with Gasteiger partial charge in [0.1, 0.15) is 6.04 Å². The minimum Gasteiger partial charge on any atom is -0.465 e. The number of methoxy groups -OCH3 is 1. The molecule has 1 aliphatic heterocycles. The van der Waals surface area contributed by atoms with Crippen molar-refractivity contribution in [3.05, 3.63) is 46.5 Å². The molecule has 2 aromatic rings. The van der Waals surface area contributed by atoms with Gasteiger partial charge in [0, 0.05) is 24.0 Å². The first-order valence-electron chi connectivity index (χ1n) is 8.34. The first-order valence-corrected chi connectivity index (χ1v) is 9.16. The molecular formula is C18H21N3O4S. The van der Waals surface area contributed by atoms with E-state index >= 15 is 0 Å². The van der Waals surface area contributed by atoms with Crippen molar-refractivity contribution < 1.29 is 19.1 Å². The Bertz CT molecular complexity index is 792. The number of nitrogens with one attached hydrogen (secondary N) is 2. The van der Waals surface area contributed by atoms with E-state index in [2.05, 4.69) is 15.6 Å². The smallest absolute Gasteiger partial charge is 0.337 e. The van der Waals surface area contributed by atoms with E-state index < -0.39 is 0 Å². The van der Waals surface area contributed by atoms with Crippen LogP contribution in [-0.4, -0.2) is 49.3 Å². The number of nitrogens with zero attached hydrogens (tertiary/aromatic N) is 1. The van der Waals surface area contributed by atoms with Crippen LogP contribution in [0.2, 0.25) is 0 Å². The van der Waals surface area contributed by atoms with Crippen molar-refractivity contribution >= 4 is 28.3 Å². The second-order valence-electron chi connectivity index (χ2n) is 6.00. The van der Waals surface area contributed by atoms with Gasteiger partial charge in [-0.25, -0.2) is 9.78 Å². The topological polar surface area (TPSA) is 89.5 Å². The van der Waals surface area contributed by atoms with E-state index in [0.717, 1.165) is 10.4 Å². The highest BCUT2D eigenvalue weighted by molar-refractivity contribution is 7.15. The minimum atomic E-state index is -0.382. The monoisotopic (exact) mass is 375 g/mol.